The summed E-state index contributed by atoms with van der Waals surface area (Å²) in [6, 6.07) is 17.1. The van der Waals surface area contributed by atoms with E-state index in [1.54, 1.807) is 0 Å². The number of anilines is 1. The summed E-state index contributed by atoms with van der Waals surface area (Å²) in [5, 5.41) is 3.45. The molecule has 106 valence electrons. The number of hydrogen-bond donors (Lipinski definition) is 2. The lowest BCUT2D eigenvalue weighted by Gasteiger charge is -2.19. The summed E-state index contributed by atoms with van der Waals surface area (Å²) in [4.78, 5) is 0. The van der Waals surface area contributed by atoms with Crippen molar-refractivity contribution >= 4 is 5.69 Å². The zero-order chi connectivity index (χ0) is 14.6. The van der Waals surface area contributed by atoms with Crippen LogP contribution >= 0.6 is 0 Å². The quantitative estimate of drug-likeness (QED) is 0.877. The fourth-order valence-electron chi connectivity index (χ4n) is 2.09. The molecule has 0 aliphatic rings. The number of nitrogens with one attached hydrogen (secondary N) is 1. The zero-order valence-electron chi connectivity index (χ0n) is 12.6. The van der Waals surface area contributed by atoms with Gasteiger partial charge in [0.25, 0.3) is 0 Å². The Bertz CT molecular complexity index is 533. The maximum Gasteiger partial charge on any atom is 0.0400 e. The molecule has 0 fully saturated rings. The molecule has 0 bridgehead atoms. The van der Waals surface area contributed by atoms with Gasteiger partial charge in [-0.15, -0.1) is 0 Å². The van der Waals surface area contributed by atoms with Gasteiger partial charge in [0.05, 0.1) is 0 Å². The van der Waals surface area contributed by atoms with Gasteiger partial charge in [-0.25, -0.2) is 0 Å². The van der Waals surface area contributed by atoms with Crippen LogP contribution in [0.1, 0.15) is 37.5 Å². The van der Waals surface area contributed by atoms with Crippen LogP contribution in [0.3, 0.4) is 0 Å². The summed E-state index contributed by atoms with van der Waals surface area (Å²) >= 11 is 0. The van der Waals surface area contributed by atoms with Crippen molar-refractivity contribution in [2.75, 3.05) is 5.32 Å². The van der Waals surface area contributed by atoms with E-state index in [0.717, 1.165) is 12.2 Å². The Morgan fingerprint density at radius 3 is 1.90 bits per heavy atom. The van der Waals surface area contributed by atoms with Crippen molar-refractivity contribution in [3.05, 3.63) is 65.2 Å². The van der Waals surface area contributed by atoms with Crippen LogP contribution in [-0.4, -0.2) is 0 Å². The van der Waals surface area contributed by atoms with Gasteiger partial charge in [-0.2, -0.15) is 0 Å². The molecular weight excluding hydrogens is 244 g/mol. The molecule has 0 aliphatic heterocycles. The first-order valence-corrected chi connectivity index (χ1v) is 7.11. The second-order valence-electron chi connectivity index (χ2n) is 6.20. The maximum absolute atomic E-state index is 5.60. The zero-order valence-corrected chi connectivity index (χ0v) is 12.6. The molecule has 20 heavy (non-hydrogen) atoms. The average molecular weight is 268 g/mol. The highest BCUT2D eigenvalue weighted by molar-refractivity contribution is 5.46. The van der Waals surface area contributed by atoms with Crippen LogP contribution in [-0.2, 0) is 18.5 Å². The Morgan fingerprint density at radius 2 is 1.40 bits per heavy atom. The lowest BCUT2D eigenvalue weighted by atomic mass is 9.87. The molecule has 0 radical (unpaired) electrons. The Hall–Kier alpha value is -1.80. The van der Waals surface area contributed by atoms with Crippen molar-refractivity contribution in [1.29, 1.82) is 0 Å². The third kappa shape index (κ3) is 3.84. The number of rotatable bonds is 4. The molecule has 0 atom stereocenters. The van der Waals surface area contributed by atoms with Gasteiger partial charge in [0.1, 0.15) is 0 Å². The molecule has 3 N–H and O–H groups in total. The van der Waals surface area contributed by atoms with Crippen molar-refractivity contribution in [2.24, 2.45) is 5.73 Å². The first kappa shape index (κ1) is 14.6. The third-order valence-corrected chi connectivity index (χ3v) is 3.51. The molecule has 0 aromatic heterocycles. The van der Waals surface area contributed by atoms with Gasteiger partial charge in [-0.1, -0.05) is 57.2 Å². The second-order valence-corrected chi connectivity index (χ2v) is 6.20. The SMILES string of the molecule is CC(C)(C)c1ccc(NCc2ccc(CN)cc2)cc1. The van der Waals surface area contributed by atoms with E-state index in [2.05, 4.69) is 74.6 Å². The fraction of sp³-hybridized carbons (Fsp3) is 0.333. The largest absolute Gasteiger partial charge is 0.381 e. The molecule has 0 amide bonds. The molecular formula is C18H24N2. The molecule has 2 rings (SSSR count). The topological polar surface area (TPSA) is 38.0 Å². The minimum absolute atomic E-state index is 0.205. The molecule has 2 aromatic rings. The van der Waals surface area contributed by atoms with E-state index >= 15 is 0 Å². The minimum Gasteiger partial charge on any atom is -0.381 e. The van der Waals surface area contributed by atoms with Crippen LogP contribution < -0.4 is 11.1 Å². The maximum atomic E-state index is 5.60. The summed E-state index contributed by atoms with van der Waals surface area (Å²) in [6.45, 7) is 8.12. The van der Waals surface area contributed by atoms with Crippen molar-refractivity contribution in [1.82, 2.24) is 0 Å². The summed E-state index contributed by atoms with van der Waals surface area (Å²) in [6.07, 6.45) is 0. The number of hydrogen-bond acceptors (Lipinski definition) is 2. The molecule has 0 unspecified atom stereocenters. The van der Waals surface area contributed by atoms with Gasteiger partial charge in [0, 0.05) is 18.8 Å². The molecule has 0 heterocycles. The van der Waals surface area contributed by atoms with Gasteiger partial charge in [0.15, 0.2) is 0 Å². The standard InChI is InChI=1S/C18H24N2/c1-18(2,3)16-8-10-17(11-9-16)20-13-15-6-4-14(12-19)5-7-15/h4-11,20H,12-13,19H2,1-3H3. The predicted molar refractivity (Wildman–Crippen MR) is 86.8 cm³/mol. The van der Waals surface area contributed by atoms with E-state index in [0.29, 0.717) is 6.54 Å². The van der Waals surface area contributed by atoms with Crippen molar-refractivity contribution in [3.63, 3.8) is 0 Å². The fourth-order valence-corrected chi connectivity index (χ4v) is 2.09. The van der Waals surface area contributed by atoms with Crippen LogP contribution in [0.4, 0.5) is 5.69 Å². The van der Waals surface area contributed by atoms with Gasteiger partial charge in [-0.05, 0) is 34.2 Å². The lowest BCUT2D eigenvalue weighted by Crippen LogP contribution is -2.10. The molecule has 0 spiro atoms. The van der Waals surface area contributed by atoms with Crippen LogP contribution in [0, 0.1) is 0 Å². The van der Waals surface area contributed by atoms with Crippen molar-refractivity contribution < 1.29 is 0 Å². The van der Waals surface area contributed by atoms with Gasteiger partial charge >= 0.3 is 0 Å². The van der Waals surface area contributed by atoms with Crippen molar-refractivity contribution in [2.45, 2.75) is 39.3 Å². The summed E-state index contributed by atoms with van der Waals surface area (Å²) in [5.74, 6) is 0. The second kappa shape index (κ2) is 6.10. The number of nitrogens with two attached hydrogens (primary N) is 1. The van der Waals surface area contributed by atoms with Crippen LogP contribution in [0.15, 0.2) is 48.5 Å². The predicted octanol–water partition coefficient (Wildman–Crippen LogP) is 4.05. The summed E-state index contributed by atoms with van der Waals surface area (Å²) in [5.41, 5.74) is 10.7. The van der Waals surface area contributed by atoms with E-state index in [9.17, 15) is 0 Å². The van der Waals surface area contributed by atoms with Gasteiger partial charge in [0.2, 0.25) is 0 Å². The molecule has 0 aliphatic carbocycles. The monoisotopic (exact) mass is 268 g/mol. The lowest BCUT2D eigenvalue weighted by molar-refractivity contribution is 0.590. The smallest absolute Gasteiger partial charge is 0.0400 e. The van der Waals surface area contributed by atoms with Gasteiger partial charge in [-0.3, -0.25) is 0 Å². The molecule has 2 aromatic carbocycles. The van der Waals surface area contributed by atoms with E-state index < -0.39 is 0 Å². The van der Waals surface area contributed by atoms with Crippen LogP contribution in [0.2, 0.25) is 0 Å². The van der Waals surface area contributed by atoms with E-state index in [1.807, 2.05) is 0 Å². The average Bonchev–Trinajstić information content (AvgIpc) is 2.45. The van der Waals surface area contributed by atoms with E-state index in [4.69, 9.17) is 5.73 Å². The summed E-state index contributed by atoms with van der Waals surface area (Å²) in [7, 11) is 0. The normalized spacial score (nSPS) is 11.4. The Balaban J connectivity index is 1.96. The highest BCUT2D eigenvalue weighted by atomic mass is 14.9. The van der Waals surface area contributed by atoms with E-state index in [-0.39, 0.29) is 5.41 Å². The first-order valence-electron chi connectivity index (χ1n) is 7.11. The Labute approximate surface area is 122 Å². The van der Waals surface area contributed by atoms with Gasteiger partial charge < -0.3 is 11.1 Å². The van der Waals surface area contributed by atoms with Crippen LogP contribution in [0.5, 0.6) is 0 Å². The molecule has 2 heteroatoms. The van der Waals surface area contributed by atoms with Crippen LogP contribution in [0.25, 0.3) is 0 Å². The van der Waals surface area contributed by atoms with Crippen molar-refractivity contribution in [3.8, 4) is 0 Å². The highest BCUT2D eigenvalue weighted by Gasteiger charge is 2.12. The Morgan fingerprint density at radius 1 is 0.850 bits per heavy atom. The molecule has 0 saturated carbocycles. The van der Waals surface area contributed by atoms with E-state index in [1.165, 1.54) is 16.7 Å². The number of benzene rings is 2. The highest BCUT2D eigenvalue weighted by Crippen LogP contribution is 2.23. The molecule has 0 saturated heterocycles. The molecule has 2 nitrogen and oxygen atoms in total. The minimum atomic E-state index is 0.205. The Kier molecular flexibility index (Phi) is 4.46. The summed E-state index contributed by atoms with van der Waals surface area (Å²) < 4.78 is 0. The first-order chi connectivity index (χ1) is 9.49. The third-order valence-electron chi connectivity index (χ3n) is 3.51.